The number of carbonyl (C=O) groups is 3. The minimum atomic E-state index is -0.491. The van der Waals surface area contributed by atoms with Crippen molar-refractivity contribution in [3.05, 3.63) is 41.6 Å². The van der Waals surface area contributed by atoms with Gasteiger partial charge in [0, 0.05) is 11.8 Å². The zero-order chi connectivity index (χ0) is 15.4. The van der Waals surface area contributed by atoms with Crippen LogP contribution in [0.1, 0.15) is 5.56 Å². The summed E-state index contributed by atoms with van der Waals surface area (Å²) in [6.45, 7) is -0.326. The van der Waals surface area contributed by atoms with Crippen molar-refractivity contribution in [2.24, 2.45) is 5.73 Å². The molecule has 2 rings (SSSR count). The summed E-state index contributed by atoms with van der Waals surface area (Å²) in [5.74, 6) is -1.41. The van der Waals surface area contributed by atoms with Gasteiger partial charge in [-0.15, -0.1) is 0 Å². The number of imide groups is 1. The molecule has 0 unspecified atom stereocenters. The Morgan fingerprint density at radius 2 is 2.10 bits per heavy atom. The van der Waals surface area contributed by atoms with Crippen molar-refractivity contribution >= 4 is 23.4 Å². The summed E-state index contributed by atoms with van der Waals surface area (Å²) in [5.41, 5.74) is 6.54. The first-order valence-electron chi connectivity index (χ1n) is 6.34. The number of primary amides is 1. The SMILES string of the molecule is NC(=O)Cc1cccc(NC2=CC(=O)N(CCO)C2=O)c1. The summed E-state index contributed by atoms with van der Waals surface area (Å²) >= 11 is 0. The normalized spacial score (nSPS) is 14.3. The molecule has 3 amide bonds. The van der Waals surface area contributed by atoms with Crippen LogP contribution < -0.4 is 11.1 Å². The van der Waals surface area contributed by atoms with Gasteiger partial charge < -0.3 is 16.2 Å². The van der Waals surface area contributed by atoms with E-state index in [0.29, 0.717) is 11.3 Å². The molecule has 1 heterocycles. The Morgan fingerprint density at radius 3 is 2.76 bits per heavy atom. The molecule has 1 aliphatic rings. The van der Waals surface area contributed by atoms with E-state index < -0.39 is 17.7 Å². The van der Waals surface area contributed by atoms with Crippen LogP contribution in [0.15, 0.2) is 36.0 Å². The van der Waals surface area contributed by atoms with E-state index in [2.05, 4.69) is 5.32 Å². The predicted octanol–water partition coefficient (Wildman–Crippen LogP) is -0.629. The van der Waals surface area contributed by atoms with E-state index in [0.717, 1.165) is 4.90 Å². The molecule has 0 atom stereocenters. The number of anilines is 1. The van der Waals surface area contributed by atoms with Crippen LogP contribution in [-0.2, 0) is 20.8 Å². The van der Waals surface area contributed by atoms with Crippen molar-refractivity contribution in [1.29, 1.82) is 0 Å². The lowest BCUT2D eigenvalue weighted by Gasteiger charge is -2.13. The molecular formula is C14H15N3O4. The predicted molar refractivity (Wildman–Crippen MR) is 74.9 cm³/mol. The standard InChI is InChI=1S/C14H15N3O4/c15-12(19)7-9-2-1-3-10(6-9)16-11-8-13(20)17(4-5-18)14(11)21/h1-3,6,8,16,18H,4-5,7H2,(H2,15,19). The first-order chi connectivity index (χ1) is 10.0. The molecule has 0 radical (unpaired) electrons. The Hall–Kier alpha value is -2.67. The van der Waals surface area contributed by atoms with Crippen molar-refractivity contribution in [3.63, 3.8) is 0 Å². The summed E-state index contributed by atoms with van der Waals surface area (Å²) in [6, 6.07) is 6.84. The van der Waals surface area contributed by atoms with Gasteiger partial charge in [0.15, 0.2) is 0 Å². The lowest BCUT2D eigenvalue weighted by atomic mass is 10.1. The summed E-state index contributed by atoms with van der Waals surface area (Å²) in [4.78, 5) is 35.4. The fourth-order valence-corrected chi connectivity index (χ4v) is 2.03. The monoisotopic (exact) mass is 289 g/mol. The van der Waals surface area contributed by atoms with Crippen molar-refractivity contribution in [2.45, 2.75) is 6.42 Å². The molecular weight excluding hydrogens is 274 g/mol. The van der Waals surface area contributed by atoms with Crippen LogP contribution in [0.2, 0.25) is 0 Å². The minimum absolute atomic E-state index is 0.0406. The van der Waals surface area contributed by atoms with Crippen LogP contribution in [0.4, 0.5) is 5.69 Å². The van der Waals surface area contributed by atoms with Gasteiger partial charge in [0.05, 0.1) is 19.6 Å². The fraction of sp³-hybridized carbons (Fsp3) is 0.214. The smallest absolute Gasteiger partial charge is 0.277 e. The van der Waals surface area contributed by atoms with E-state index in [1.165, 1.54) is 6.08 Å². The number of amides is 3. The number of aliphatic hydroxyl groups excluding tert-OH is 1. The highest BCUT2D eigenvalue weighted by atomic mass is 16.3. The van der Waals surface area contributed by atoms with E-state index in [-0.39, 0.29) is 25.3 Å². The molecule has 0 aromatic heterocycles. The van der Waals surface area contributed by atoms with Gasteiger partial charge in [0.1, 0.15) is 5.70 Å². The number of hydrogen-bond donors (Lipinski definition) is 3. The van der Waals surface area contributed by atoms with Crippen LogP contribution in [-0.4, -0.2) is 40.9 Å². The maximum absolute atomic E-state index is 12.0. The fourth-order valence-electron chi connectivity index (χ4n) is 2.03. The molecule has 21 heavy (non-hydrogen) atoms. The maximum Gasteiger partial charge on any atom is 0.277 e. The highest BCUT2D eigenvalue weighted by Gasteiger charge is 2.30. The first kappa shape index (κ1) is 14.7. The molecule has 0 fully saturated rings. The van der Waals surface area contributed by atoms with Crippen LogP contribution in [0.3, 0.4) is 0 Å². The largest absolute Gasteiger partial charge is 0.395 e. The van der Waals surface area contributed by atoms with Crippen molar-refractivity contribution in [3.8, 4) is 0 Å². The Morgan fingerprint density at radius 1 is 1.33 bits per heavy atom. The molecule has 4 N–H and O–H groups in total. The zero-order valence-corrected chi connectivity index (χ0v) is 11.2. The first-order valence-corrected chi connectivity index (χ1v) is 6.34. The number of aliphatic hydroxyl groups is 1. The van der Waals surface area contributed by atoms with Gasteiger partial charge >= 0.3 is 0 Å². The maximum atomic E-state index is 12.0. The number of carbonyl (C=O) groups excluding carboxylic acids is 3. The van der Waals surface area contributed by atoms with Crippen LogP contribution in [0, 0.1) is 0 Å². The molecule has 110 valence electrons. The Balaban J connectivity index is 2.12. The molecule has 0 spiro atoms. The van der Waals surface area contributed by atoms with Gasteiger partial charge in [0.2, 0.25) is 5.91 Å². The minimum Gasteiger partial charge on any atom is -0.395 e. The number of nitrogens with two attached hydrogens (primary N) is 1. The van der Waals surface area contributed by atoms with Gasteiger partial charge in [0.25, 0.3) is 11.8 Å². The highest BCUT2D eigenvalue weighted by Crippen LogP contribution is 2.18. The summed E-state index contributed by atoms with van der Waals surface area (Å²) in [7, 11) is 0. The van der Waals surface area contributed by atoms with Crippen LogP contribution >= 0.6 is 0 Å². The van der Waals surface area contributed by atoms with Gasteiger partial charge in [-0.1, -0.05) is 12.1 Å². The van der Waals surface area contributed by atoms with Crippen molar-refractivity contribution in [2.75, 3.05) is 18.5 Å². The third kappa shape index (κ3) is 3.46. The Bertz CT molecular complexity index is 624. The average molecular weight is 289 g/mol. The molecule has 1 aromatic rings. The average Bonchev–Trinajstić information content (AvgIpc) is 2.66. The topological polar surface area (TPSA) is 113 Å². The molecule has 0 aliphatic carbocycles. The molecule has 0 bridgehead atoms. The highest BCUT2D eigenvalue weighted by molar-refractivity contribution is 6.17. The zero-order valence-electron chi connectivity index (χ0n) is 11.2. The molecule has 1 aromatic carbocycles. The molecule has 0 saturated carbocycles. The van der Waals surface area contributed by atoms with E-state index in [1.54, 1.807) is 24.3 Å². The van der Waals surface area contributed by atoms with Crippen LogP contribution in [0.25, 0.3) is 0 Å². The molecule has 7 nitrogen and oxygen atoms in total. The number of nitrogens with one attached hydrogen (secondary N) is 1. The number of β-amino-alcohol motifs (C(OH)–C–C–N with tert-alkyl or cyclic N) is 1. The number of benzene rings is 1. The van der Waals surface area contributed by atoms with Gasteiger partial charge in [-0.25, -0.2) is 0 Å². The summed E-state index contributed by atoms with van der Waals surface area (Å²) in [5, 5.41) is 11.7. The second-order valence-electron chi connectivity index (χ2n) is 4.55. The van der Waals surface area contributed by atoms with E-state index in [4.69, 9.17) is 10.8 Å². The van der Waals surface area contributed by atoms with Gasteiger partial charge in [-0.3, -0.25) is 19.3 Å². The number of hydrogen-bond acceptors (Lipinski definition) is 5. The van der Waals surface area contributed by atoms with Crippen molar-refractivity contribution < 1.29 is 19.5 Å². The third-order valence-corrected chi connectivity index (χ3v) is 2.92. The Labute approximate surface area is 121 Å². The number of rotatable bonds is 6. The van der Waals surface area contributed by atoms with Crippen LogP contribution in [0.5, 0.6) is 0 Å². The van der Waals surface area contributed by atoms with E-state index in [9.17, 15) is 14.4 Å². The quantitative estimate of drug-likeness (QED) is 0.604. The van der Waals surface area contributed by atoms with Crippen molar-refractivity contribution in [1.82, 2.24) is 4.90 Å². The molecule has 1 aliphatic heterocycles. The van der Waals surface area contributed by atoms with E-state index in [1.807, 2.05) is 0 Å². The second kappa shape index (κ2) is 6.19. The van der Waals surface area contributed by atoms with Gasteiger partial charge in [-0.05, 0) is 17.7 Å². The second-order valence-corrected chi connectivity index (χ2v) is 4.55. The lowest BCUT2D eigenvalue weighted by molar-refractivity contribution is -0.137. The lowest BCUT2D eigenvalue weighted by Crippen LogP contribution is -2.34. The van der Waals surface area contributed by atoms with E-state index >= 15 is 0 Å². The Kier molecular flexibility index (Phi) is 4.34. The summed E-state index contributed by atoms with van der Waals surface area (Å²) in [6.07, 6.45) is 1.27. The third-order valence-electron chi connectivity index (χ3n) is 2.92. The van der Waals surface area contributed by atoms with Gasteiger partial charge in [-0.2, -0.15) is 0 Å². The summed E-state index contributed by atoms with van der Waals surface area (Å²) < 4.78 is 0. The molecule has 0 saturated heterocycles. The number of nitrogens with zero attached hydrogens (tertiary/aromatic N) is 1. The molecule has 7 heteroatoms.